The van der Waals surface area contributed by atoms with E-state index in [1.54, 1.807) is 17.3 Å². The Bertz CT molecular complexity index is 539. The van der Waals surface area contributed by atoms with Gasteiger partial charge in [0.1, 0.15) is 0 Å². The molecule has 5 nitrogen and oxygen atoms in total. The molecule has 3 N–H and O–H groups in total. The van der Waals surface area contributed by atoms with Gasteiger partial charge in [-0.2, -0.15) is 0 Å². The summed E-state index contributed by atoms with van der Waals surface area (Å²) in [5, 5.41) is 9.65. The highest BCUT2D eigenvalue weighted by Crippen LogP contribution is 2.41. The van der Waals surface area contributed by atoms with Gasteiger partial charge in [0.25, 0.3) is 0 Å². The van der Waals surface area contributed by atoms with Crippen molar-refractivity contribution in [1.29, 1.82) is 0 Å². The first-order chi connectivity index (χ1) is 10.2. The summed E-state index contributed by atoms with van der Waals surface area (Å²) >= 11 is 0. The maximum Gasteiger partial charge on any atom is 0.407 e. The van der Waals surface area contributed by atoms with Gasteiger partial charge in [0.2, 0.25) is 0 Å². The van der Waals surface area contributed by atoms with Gasteiger partial charge in [-0.3, -0.25) is 4.98 Å². The van der Waals surface area contributed by atoms with Crippen LogP contribution in [0.15, 0.2) is 18.5 Å². The third kappa shape index (κ3) is 3.51. The Balaban J connectivity index is 2.28. The average Bonchev–Trinajstić information content (AvgIpc) is 2.36. The molecule has 3 atom stereocenters. The second-order valence-electron chi connectivity index (χ2n) is 7.49. The van der Waals surface area contributed by atoms with Crippen molar-refractivity contribution in [2.24, 2.45) is 5.92 Å². The SMILES string of the molecule is C[C@H]1C[C@@H](c2ccncc2N)C[C@@H](N(C(=O)O)C(C)(C)C)C1. The maximum absolute atomic E-state index is 11.8. The largest absolute Gasteiger partial charge is 0.465 e. The fourth-order valence-electron chi connectivity index (χ4n) is 3.81. The molecule has 0 aromatic carbocycles. The molecule has 1 aromatic rings. The van der Waals surface area contributed by atoms with E-state index < -0.39 is 11.6 Å². The summed E-state index contributed by atoms with van der Waals surface area (Å²) in [6, 6.07) is 2.00. The molecule has 0 aliphatic heterocycles. The van der Waals surface area contributed by atoms with Gasteiger partial charge < -0.3 is 15.7 Å². The van der Waals surface area contributed by atoms with E-state index in [9.17, 15) is 9.90 Å². The number of hydrogen-bond donors (Lipinski definition) is 2. The Kier molecular flexibility index (Phi) is 4.63. The molecular formula is C17H27N3O2. The van der Waals surface area contributed by atoms with Crippen molar-refractivity contribution in [2.45, 2.75) is 64.5 Å². The molecular weight excluding hydrogens is 278 g/mol. The molecule has 1 heterocycles. The predicted molar refractivity (Wildman–Crippen MR) is 87.8 cm³/mol. The first-order valence-electron chi connectivity index (χ1n) is 7.91. The lowest BCUT2D eigenvalue weighted by Crippen LogP contribution is -2.53. The Labute approximate surface area is 132 Å². The second-order valence-corrected chi connectivity index (χ2v) is 7.49. The number of carboxylic acid groups (broad SMARTS) is 1. The third-order valence-corrected chi connectivity index (χ3v) is 4.54. The normalized spacial score (nSPS) is 25.7. The van der Waals surface area contributed by atoms with Gasteiger partial charge in [0.05, 0.1) is 11.9 Å². The first-order valence-corrected chi connectivity index (χ1v) is 7.91. The molecule has 1 saturated carbocycles. The Morgan fingerprint density at radius 3 is 2.59 bits per heavy atom. The lowest BCUT2D eigenvalue weighted by Gasteiger charge is -2.45. The van der Waals surface area contributed by atoms with Crippen LogP contribution < -0.4 is 5.73 Å². The van der Waals surface area contributed by atoms with E-state index in [2.05, 4.69) is 11.9 Å². The van der Waals surface area contributed by atoms with Crippen LogP contribution in [0, 0.1) is 5.92 Å². The summed E-state index contributed by atoms with van der Waals surface area (Å²) in [4.78, 5) is 17.4. The zero-order valence-corrected chi connectivity index (χ0v) is 13.9. The highest BCUT2D eigenvalue weighted by Gasteiger charge is 2.38. The van der Waals surface area contributed by atoms with E-state index in [4.69, 9.17) is 5.73 Å². The van der Waals surface area contributed by atoms with Crippen molar-refractivity contribution >= 4 is 11.8 Å². The number of aromatic nitrogens is 1. The van der Waals surface area contributed by atoms with Gasteiger partial charge in [0.15, 0.2) is 0 Å². The number of anilines is 1. The molecule has 0 bridgehead atoms. The van der Waals surface area contributed by atoms with E-state index in [0.717, 1.165) is 24.8 Å². The van der Waals surface area contributed by atoms with Crippen LogP contribution in [0.1, 0.15) is 58.4 Å². The third-order valence-electron chi connectivity index (χ3n) is 4.54. The highest BCUT2D eigenvalue weighted by molar-refractivity contribution is 5.66. The Morgan fingerprint density at radius 1 is 1.36 bits per heavy atom. The van der Waals surface area contributed by atoms with Gasteiger partial charge in [-0.1, -0.05) is 6.92 Å². The first kappa shape index (κ1) is 16.6. The van der Waals surface area contributed by atoms with Crippen molar-refractivity contribution in [3.05, 3.63) is 24.0 Å². The number of nitrogens with two attached hydrogens (primary N) is 1. The zero-order chi connectivity index (χ0) is 16.5. The highest BCUT2D eigenvalue weighted by atomic mass is 16.4. The smallest absolute Gasteiger partial charge is 0.407 e. The van der Waals surface area contributed by atoms with Crippen LogP contribution in [0.3, 0.4) is 0 Å². The molecule has 1 fully saturated rings. The maximum atomic E-state index is 11.8. The van der Waals surface area contributed by atoms with Crippen LogP contribution in [0.2, 0.25) is 0 Å². The molecule has 1 aliphatic carbocycles. The predicted octanol–water partition coefficient (Wildman–Crippen LogP) is 3.71. The molecule has 1 aromatic heterocycles. The molecule has 0 saturated heterocycles. The minimum absolute atomic E-state index is 0.0267. The van der Waals surface area contributed by atoms with E-state index in [0.29, 0.717) is 17.5 Å². The van der Waals surface area contributed by atoms with Gasteiger partial charge in [-0.15, -0.1) is 0 Å². The molecule has 0 spiro atoms. The summed E-state index contributed by atoms with van der Waals surface area (Å²) in [6.45, 7) is 8.06. The number of nitrogen functional groups attached to an aromatic ring is 1. The van der Waals surface area contributed by atoms with Crippen molar-refractivity contribution in [3.8, 4) is 0 Å². The average molecular weight is 305 g/mol. The van der Waals surface area contributed by atoms with Crippen molar-refractivity contribution < 1.29 is 9.90 Å². The Hall–Kier alpha value is -1.78. The minimum Gasteiger partial charge on any atom is -0.465 e. The topological polar surface area (TPSA) is 79.5 Å². The standard InChI is InChI=1S/C17H27N3O2/c1-11-7-12(14-5-6-19-10-15(14)18)9-13(8-11)20(16(21)22)17(2,3)4/h5-6,10-13H,7-9,18H2,1-4H3,(H,21,22)/t11-,12+,13-/m0/s1. The summed E-state index contributed by atoms with van der Waals surface area (Å²) in [5.74, 6) is 0.765. The van der Waals surface area contributed by atoms with Gasteiger partial charge >= 0.3 is 6.09 Å². The number of pyridine rings is 1. The van der Waals surface area contributed by atoms with E-state index in [-0.39, 0.29) is 6.04 Å². The number of rotatable bonds is 2. The fraction of sp³-hybridized carbons (Fsp3) is 0.647. The zero-order valence-electron chi connectivity index (χ0n) is 13.9. The Morgan fingerprint density at radius 2 is 2.05 bits per heavy atom. The molecule has 0 radical (unpaired) electrons. The molecule has 2 rings (SSSR count). The summed E-state index contributed by atoms with van der Waals surface area (Å²) in [6.07, 6.45) is 5.38. The number of nitrogens with zero attached hydrogens (tertiary/aromatic N) is 2. The quantitative estimate of drug-likeness (QED) is 0.873. The molecule has 0 unspecified atom stereocenters. The van der Waals surface area contributed by atoms with E-state index in [1.165, 1.54) is 0 Å². The lowest BCUT2D eigenvalue weighted by atomic mass is 9.75. The van der Waals surface area contributed by atoms with Gasteiger partial charge in [-0.25, -0.2) is 4.79 Å². The summed E-state index contributed by atoms with van der Waals surface area (Å²) < 4.78 is 0. The number of amides is 1. The van der Waals surface area contributed by atoms with Crippen LogP contribution in [-0.2, 0) is 0 Å². The van der Waals surface area contributed by atoms with Crippen LogP contribution in [0.4, 0.5) is 10.5 Å². The summed E-state index contributed by atoms with van der Waals surface area (Å²) in [5.41, 5.74) is 7.48. The monoisotopic (exact) mass is 305 g/mol. The van der Waals surface area contributed by atoms with Crippen LogP contribution >= 0.6 is 0 Å². The van der Waals surface area contributed by atoms with Gasteiger partial charge in [-0.05, 0) is 63.5 Å². The molecule has 22 heavy (non-hydrogen) atoms. The molecule has 5 heteroatoms. The summed E-state index contributed by atoms with van der Waals surface area (Å²) in [7, 11) is 0. The van der Waals surface area contributed by atoms with E-state index >= 15 is 0 Å². The molecule has 1 aliphatic rings. The van der Waals surface area contributed by atoms with Gasteiger partial charge in [0, 0.05) is 17.8 Å². The molecule has 122 valence electrons. The fourth-order valence-corrected chi connectivity index (χ4v) is 3.81. The molecule has 1 amide bonds. The second kappa shape index (κ2) is 6.15. The van der Waals surface area contributed by atoms with Crippen molar-refractivity contribution in [2.75, 3.05) is 5.73 Å². The van der Waals surface area contributed by atoms with E-state index in [1.807, 2.05) is 26.8 Å². The number of carbonyl (C=O) groups is 1. The van der Waals surface area contributed by atoms with Crippen molar-refractivity contribution in [3.63, 3.8) is 0 Å². The van der Waals surface area contributed by atoms with Crippen LogP contribution in [0.25, 0.3) is 0 Å². The van der Waals surface area contributed by atoms with Crippen molar-refractivity contribution in [1.82, 2.24) is 9.88 Å². The van der Waals surface area contributed by atoms with Crippen LogP contribution in [-0.4, -0.2) is 32.7 Å². The van der Waals surface area contributed by atoms with Crippen LogP contribution in [0.5, 0.6) is 0 Å². The lowest BCUT2D eigenvalue weighted by molar-refractivity contribution is 0.0449. The number of hydrogen-bond acceptors (Lipinski definition) is 3. The minimum atomic E-state index is -0.840.